The molecule has 108 valence electrons. The van der Waals surface area contributed by atoms with Crippen molar-refractivity contribution in [2.24, 2.45) is 0 Å². The molecule has 0 spiro atoms. The van der Waals surface area contributed by atoms with E-state index in [0.717, 1.165) is 31.4 Å². The van der Waals surface area contributed by atoms with Crippen molar-refractivity contribution in [2.45, 2.75) is 46.5 Å². The predicted molar refractivity (Wildman–Crippen MR) is 80.4 cm³/mol. The Labute approximate surface area is 118 Å². The monoisotopic (exact) mass is 284 g/mol. The highest BCUT2D eigenvalue weighted by atomic mass is 31.2. The minimum absolute atomic E-state index is 0.695. The van der Waals surface area contributed by atoms with E-state index in [-0.39, 0.29) is 0 Å². The van der Waals surface area contributed by atoms with Crippen LogP contribution in [-0.4, -0.2) is 13.2 Å². The van der Waals surface area contributed by atoms with E-state index >= 15 is 0 Å². The van der Waals surface area contributed by atoms with E-state index in [0.29, 0.717) is 13.2 Å². The molecule has 0 bridgehead atoms. The van der Waals surface area contributed by atoms with Crippen LogP contribution in [0.5, 0.6) is 5.75 Å². The number of hydrogen-bond acceptors (Lipinski definition) is 3. The van der Waals surface area contributed by atoms with Gasteiger partial charge in [-0.2, -0.15) is 0 Å². The summed E-state index contributed by atoms with van der Waals surface area (Å²) >= 11 is 0. The lowest BCUT2D eigenvalue weighted by molar-refractivity contribution is 0.201. The van der Waals surface area contributed by atoms with Crippen LogP contribution < -0.4 is 4.52 Å². The molecule has 19 heavy (non-hydrogen) atoms. The number of aryl methyl sites for hydroxylation is 1. The quantitative estimate of drug-likeness (QED) is 0.434. The summed E-state index contributed by atoms with van der Waals surface area (Å²) in [6.07, 6.45) is 4.30. The molecular weight excluding hydrogens is 259 g/mol. The first-order valence-corrected chi connectivity index (χ1v) is 8.16. The Morgan fingerprint density at radius 3 is 1.89 bits per heavy atom. The summed E-state index contributed by atoms with van der Waals surface area (Å²) < 4.78 is 17.2. The second-order valence-corrected chi connectivity index (χ2v) is 5.65. The van der Waals surface area contributed by atoms with Gasteiger partial charge in [-0.15, -0.1) is 0 Å². The Morgan fingerprint density at radius 1 is 0.895 bits per heavy atom. The largest absolute Gasteiger partial charge is 0.427 e. The lowest BCUT2D eigenvalue weighted by atomic mass is 10.2. The molecule has 4 heteroatoms. The van der Waals surface area contributed by atoms with Crippen LogP contribution in [0.25, 0.3) is 0 Å². The van der Waals surface area contributed by atoms with Crippen LogP contribution in [0.4, 0.5) is 0 Å². The first-order valence-electron chi connectivity index (χ1n) is 7.06. The molecule has 1 rings (SSSR count). The van der Waals surface area contributed by atoms with Crippen LogP contribution in [0.2, 0.25) is 0 Å². The molecule has 0 fully saturated rings. The van der Waals surface area contributed by atoms with Gasteiger partial charge in [-0.3, -0.25) is 0 Å². The Kier molecular flexibility index (Phi) is 8.81. The van der Waals surface area contributed by atoms with Gasteiger partial charge in [0.25, 0.3) is 0 Å². The molecule has 1 aromatic carbocycles. The standard InChI is InChI=1S/C15H25O3P/c1-4-6-12-16-19(17-13-7-5-2)18-15-10-8-14(3)9-11-15/h8-11H,4-7,12-13H2,1-3H3. The number of unbranched alkanes of at least 4 members (excludes halogenated alkanes) is 2. The number of rotatable bonds is 10. The first-order chi connectivity index (χ1) is 9.26. The van der Waals surface area contributed by atoms with E-state index in [1.54, 1.807) is 0 Å². The lowest BCUT2D eigenvalue weighted by Crippen LogP contribution is -2.00. The van der Waals surface area contributed by atoms with Crippen molar-refractivity contribution in [1.29, 1.82) is 0 Å². The van der Waals surface area contributed by atoms with E-state index < -0.39 is 8.60 Å². The van der Waals surface area contributed by atoms with Gasteiger partial charge in [0, 0.05) is 0 Å². The minimum Gasteiger partial charge on any atom is -0.427 e. The fourth-order valence-electron chi connectivity index (χ4n) is 1.34. The molecule has 0 N–H and O–H groups in total. The minimum atomic E-state index is -1.27. The Morgan fingerprint density at radius 2 is 1.42 bits per heavy atom. The zero-order valence-corrected chi connectivity index (χ0v) is 13.1. The second kappa shape index (κ2) is 10.2. The Bertz CT molecular complexity index is 317. The molecule has 0 saturated carbocycles. The Balaban J connectivity index is 2.44. The van der Waals surface area contributed by atoms with E-state index in [4.69, 9.17) is 13.6 Å². The average molecular weight is 284 g/mol. The van der Waals surface area contributed by atoms with Crippen LogP contribution in [0.1, 0.15) is 45.1 Å². The number of hydrogen-bond donors (Lipinski definition) is 0. The van der Waals surface area contributed by atoms with Gasteiger partial charge in [-0.05, 0) is 31.9 Å². The molecule has 0 aliphatic carbocycles. The molecule has 3 nitrogen and oxygen atoms in total. The van der Waals surface area contributed by atoms with Gasteiger partial charge in [0.2, 0.25) is 0 Å². The van der Waals surface area contributed by atoms with Crippen molar-refractivity contribution in [3.63, 3.8) is 0 Å². The maximum Gasteiger partial charge on any atom is 0.397 e. The molecule has 0 saturated heterocycles. The van der Waals surface area contributed by atoms with E-state index in [9.17, 15) is 0 Å². The third-order valence-electron chi connectivity index (χ3n) is 2.59. The second-order valence-electron chi connectivity index (χ2n) is 4.50. The molecular formula is C15H25O3P. The normalized spacial score (nSPS) is 10.9. The summed E-state index contributed by atoms with van der Waals surface area (Å²) in [6.45, 7) is 7.73. The summed E-state index contributed by atoms with van der Waals surface area (Å²) in [5, 5.41) is 0. The van der Waals surface area contributed by atoms with Gasteiger partial charge in [0.1, 0.15) is 5.75 Å². The van der Waals surface area contributed by atoms with Gasteiger partial charge >= 0.3 is 8.60 Å². The van der Waals surface area contributed by atoms with Crippen LogP contribution in [0.15, 0.2) is 24.3 Å². The molecule has 0 aromatic heterocycles. The fraction of sp³-hybridized carbons (Fsp3) is 0.600. The third kappa shape index (κ3) is 7.51. The van der Waals surface area contributed by atoms with Gasteiger partial charge < -0.3 is 13.6 Å². The lowest BCUT2D eigenvalue weighted by Gasteiger charge is -2.17. The van der Waals surface area contributed by atoms with Crippen molar-refractivity contribution >= 4 is 8.60 Å². The van der Waals surface area contributed by atoms with Crippen molar-refractivity contribution in [3.8, 4) is 5.75 Å². The topological polar surface area (TPSA) is 27.7 Å². The average Bonchev–Trinajstić information content (AvgIpc) is 2.41. The molecule has 1 aromatic rings. The van der Waals surface area contributed by atoms with Crippen molar-refractivity contribution in [2.75, 3.05) is 13.2 Å². The van der Waals surface area contributed by atoms with Crippen molar-refractivity contribution in [1.82, 2.24) is 0 Å². The van der Waals surface area contributed by atoms with Gasteiger partial charge in [-0.25, -0.2) is 0 Å². The maximum atomic E-state index is 5.78. The molecule has 0 amide bonds. The van der Waals surface area contributed by atoms with Crippen LogP contribution in [-0.2, 0) is 9.05 Å². The summed E-state index contributed by atoms with van der Waals surface area (Å²) in [6, 6.07) is 7.97. The SMILES string of the molecule is CCCCOP(OCCCC)Oc1ccc(C)cc1. The molecule has 0 unspecified atom stereocenters. The van der Waals surface area contributed by atoms with Gasteiger partial charge in [-0.1, -0.05) is 44.4 Å². The van der Waals surface area contributed by atoms with E-state index in [2.05, 4.69) is 20.8 Å². The first kappa shape index (κ1) is 16.4. The zero-order chi connectivity index (χ0) is 13.9. The summed E-state index contributed by atoms with van der Waals surface area (Å²) in [4.78, 5) is 0. The number of benzene rings is 1. The molecule has 0 heterocycles. The molecule has 0 atom stereocenters. The Hall–Kier alpha value is -0.630. The highest BCUT2D eigenvalue weighted by Gasteiger charge is 2.14. The summed E-state index contributed by atoms with van der Waals surface area (Å²) in [7, 11) is -1.27. The predicted octanol–water partition coefficient (Wildman–Crippen LogP) is 5.23. The van der Waals surface area contributed by atoms with E-state index in [1.807, 2.05) is 24.3 Å². The summed E-state index contributed by atoms with van der Waals surface area (Å²) in [5.41, 5.74) is 1.22. The highest BCUT2D eigenvalue weighted by Crippen LogP contribution is 2.40. The highest BCUT2D eigenvalue weighted by molar-refractivity contribution is 7.42. The van der Waals surface area contributed by atoms with E-state index in [1.165, 1.54) is 5.56 Å². The summed E-state index contributed by atoms with van der Waals surface area (Å²) in [5.74, 6) is 0.810. The molecule has 0 aliphatic heterocycles. The van der Waals surface area contributed by atoms with Gasteiger partial charge in [0.05, 0.1) is 13.2 Å². The fourth-order valence-corrected chi connectivity index (χ4v) is 2.37. The van der Waals surface area contributed by atoms with Crippen molar-refractivity contribution < 1.29 is 13.6 Å². The van der Waals surface area contributed by atoms with Crippen LogP contribution >= 0.6 is 8.60 Å². The molecule has 0 aliphatic rings. The third-order valence-corrected chi connectivity index (χ3v) is 3.74. The van der Waals surface area contributed by atoms with Crippen LogP contribution in [0, 0.1) is 6.92 Å². The van der Waals surface area contributed by atoms with Gasteiger partial charge in [0.15, 0.2) is 0 Å². The molecule has 0 radical (unpaired) electrons. The van der Waals surface area contributed by atoms with Crippen molar-refractivity contribution in [3.05, 3.63) is 29.8 Å². The van der Waals surface area contributed by atoms with Crippen LogP contribution in [0.3, 0.4) is 0 Å². The maximum absolute atomic E-state index is 5.78. The zero-order valence-electron chi connectivity index (χ0n) is 12.2. The smallest absolute Gasteiger partial charge is 0.397 e.